The predicted octanol–water partition coefficient (Wildman–Crippen LogP) is 2.66. The number of hydrogen-bond acceptors (Lipinski definition) is 3. The zero-order valence-corrected chi connectivity index (χ0v) is 15.6. The molecule has 0 amide bonds. The minimum atomic E-state index is -0.0627. The number of guanidine groups is 1. The van der Waals surface area contributed by atoms with Crippen molar-refractivity contribution in [2.45, 2.75) is 19.3 Å². The maximum absolute atomic E-state index is 5.44. The van der Waals surface area contributed by atoms with Crippen molar-refractivity contribution in [2.24, 2.45) is 4.99 Å². The number of nitrogens with zero attached hydrogens (tertiary/aromatic N) is 1. The molecule has 0 atom stereocenters. The smallest absolute Gasteiger partial charge is 0.231 e. The Hall–Kier alpha value is -1.44. The van der Waals surface area contributed by atoms with Crippen LogP contribution in [0.15, 0.2) is 35.8 Å². The van der Waals surface area contributed by atoms with Gasteiger partial charge in [0.05, 0.1) is 0 Å². The van der Waals surface area contributed by atoms with Gasteiger partial charge in [-0.25, -0.2) is 0 Å². The van der Waals surface area contributed by atoms with Crippen molar-refractivity contribution in [3.05, 3.63) is 36.4 Å². The van der Waals surface area contributed by atoms with Gasteiger partial charge in [0.2, 0.25) is 6.79 Å². The summed E-state index contributed by atoms with van der Waals surface area (Å²) in [7, 11) is 1.76. The largest absolute Gasteiger partial charge is 0.454 e. The van der Waals surface area contributed by atoms with Gasteiger partial charge < -0.3 is 20.1 Å². The molecule has 0 aromatic heterocycles. The van der Waals surface area contributed by atoms with E-state index in [4.69, 9.17) is 9.47 Å². The quantitative estimate of drug-likeness (QED) is 0.335. The second-order valence-electron chi connectivity index (χ2n) is 5.55. The summed E-state index contributed by atoms with van der Waals surface area (Å²) in [4.78, 5) is 4.18. The van der Waals surface area contributed by atoms with E-state index in [1.165, 1.54) is 5.56 Å². The number of benzene rings is 1. The van der Waals surface area contributed by atoms with Crippen molar-refractivity contribution in [1.82, 2.24) is 10.6 Å². The van der Waals surface area contributed by atoms with Crippen molar-refractivity contribution in [2.75, 3.05) is 26.9 Å². The van der Waals surface area contributed by atoms with Gasteiger partial charge in [0.25, 0.3) is 0 Å². The molecule has 0 spiro atoms. The first-order valence-corrected chi connectivity index (χ1v) is 7.02. The molecular weight excluding hydrogens is 393 g/mol. The van der Waals surface area contributed by atoms with Gasteiger partial charge in [0.15, 0.2) is 17.5 Å². The zero-order valence-electron chi connectivity index (χ0n) is 13.3. The average Bonchev–Trinajstić information content (AvgIpc) is 2.95. The first kappa shape index (κ1) is 18.6. The Morgan fingerprint density at radius 3 is 2.73 bits per heavy atom. The van der Waals surface area contributed by atoms with E-state index < -0.39 is 0 Å². The highest BCUT2D eigenvalue weighted by Gasteiger charge is 2.24. The van der Waals surface area contributed by atoms with Crippen LogP contribution in [-0.2, 0) is 5.41 Å². The lowest BCUT2D eigenvalue weighted by atomic mass is 9.84. The Bertz CT molecular complexity index is 544. The van der Waals surface area contributed by atoms with Gasteiger partial charge in [-0.1, -0.05) is 26.0 Å². The Morgan fingerprint density at radius 1 is 1.32 bits per heavy atom. The molecule has 0 fully saturated rings. The van der Waals surface area contributed by atoms with Crippen molar-refractivity contribution < 1.29 is 9.47 Å². The van der Waals surface area contributed by atoms with Crippen LogP contribution in [0.4, 0.5) is 0 Å². The van der Waals surface area contributed by atoms with Crippen LogP contribution >= 0.6 is 24.0 Å². The molecule has 1 aromatic carbocycles. The van der Waals surface area contributed by atoms with Crippen LogP contribution in [0.2, 0.25) is 0 Å². The summed E-state index contributed by atoms with van der Waals surface area (Å²) in [6, 6.07) is 6.09. The van der Waals surface area contributed by atoms with Crippen LogP contribution in [-0.4, -0.2) is 32.9 Å². The average molecular weight is 417 g/mol. The van der Waals surface area contributed by atoms with Gasteiger partial charge in [0, 0.05) is 25.6 Å². The van der Waals surface area contributed by atoms with Crippen molar-refractivity contribution >= 4 is 29.9 Å². The molecule has 1 aliphatic heterocycles. The summed E-state index contributed by atoms with van der Waals surface area (Å²) in [5, 5.41) is 6.49. The summed E-state index contributed by atoms with van der Waals surface area (Å²) in [5.41, 5.74) is 1.13. The molecule has 1 heterocycles. The number of ether oxygens (including phenoxy) is 2. The van der Waals surface area contributed by atoms with E-state index in [-0.39, 0.29) is 29.4 Å². The number of rotatable bonds is 5. The monoisotopic (exact) mass is 417 g/mol. The summed E-state index contributed by atoms with van der Waals surface area (Å²) < 4.78 is 10.8. The predicted molar refractivity (Wildman–Crippen MR) is 101 cm³/mol. The van der Waals surface area contributed by atoms with E-state index in [0.717, 1.165) is 24.0 Å². The van der Waals surface area contributed by atoms with E-state index in [2.05, 4.69) is 42.1 Å². The number of aliphatic imine (C=N–C) groups is 1. The minimum absolute atomic E-state index is 0. The van der Waals surface area contributed by atoms with Gasteiger partial charge >= 0.3 is 0 Å². The van der Waals surface area contributed by atoms with Crippen molar-refractivity contribution in [1.29, 1.82) is 0 Å². The van der Waals surface area contributed by atoms with Gasteiger partial charge in [-0.3, -0.25) is 4.99 Å². The second kappa shape index (κ2) is 8.26. The van der Waals surface area contributed by atoms with Gasteiger partial charge in [0.1, 0.15) is 0 Å². The highest BCUT2D eigenvalue weighted by atomic mass is 127. The molecule has 0 saturated heterocycles. The van der Waals surface area contributed by atoms with Crippen LogP contribution < -0.4 is 20.1 Å². The van der Waals surface area contributed by atoms with Gasteiger partial charge in [-0.05, 0) is 17.7 Å². The molecule has 5 nitrogen and oxygen atoms in total. The summed E-state index contributed by atoms with van der Waals surface area (Å²) >= 11 is 0. The van der Waals surface area contributed by atoms with E-state index in [0.29, 0.717) is 13.3 Å². The van der Waals surface area contributed by atoms with Crippen LogP contribution in [0.5, 0.6) is 11.5 Å². The summed E-state index contributed by atoms with van der Waals surface area (Å²) in [5.74, 6) is 2.39. The second-order valence-corrected chi connectivity index (χ2v) is 5.55. The molecule has 2 rings (SSSR count). The number of fused-ring (bicyclic) bond motifs is 1. The van der Waals surface area contributed by atoms with Crippen LogP contribution in [0.1, 0.15) is 19.4 Å². The molecule has 122 valence electrons. The van der Waals surface area contributed by atoms with E-state index >= 15 is 0 Å². The molecule has 1 aliphatic rings. The Morgan fingerprint density at radius 2 is 2.05 bits per heavy atom. The lowest BCUT2D eigenvalue weighted by Crippen LogP contribution is -2.43. The molecule has 22 heavy (non-hydrogen) atoms. The third-order valence-electron chi connectivity index (χ3n) is 3.49. The van der Waals surface area contributed by atoms with E-state index in [9.17, 15) is 0 Å². The first-order valence-electron chi connectivity index (χ1n) is 7.02. The maximum Gasteiger partial charge on any atom is 0.231 e. The fraction of sp³-hybridized carbons (Fsp3) is 0.438. The maximum atomic E-state index is 5.44. The zero-order chi connectivity index (χ0) is 15.3. The van der Waals surface area contributed by atoms with Crippen LogP contribution in [0.25, 0.3) is 0 Å². The van der Waals surface area contributed by atoms with Gasteiger partial charge in [-0.15, -0.1) is 30.6 Å². The molecular formula is C16H24IN3O2. The molecule has 0 bridgehead atoms. The summed E-state index contributed by atoms with van der Waals surface area (Å²) in [6.07, 6.45) is 1.80. The standard InChI is InChI=1S/C16H23N3O2.HI/c1-5-8-18-15(17-4)19-10-16(2,3)12-6-7-13-14(9-12)21-11-20-13;/h5-7,9H,1,8,10-11H2,2-4H3,(H2,17,18,19);1H. The van der Waals surface area contributed by atoms with Crippen LogP contribution in [0, 0.1) is 0 Å². The van der Waals surface area contributed by atoms with E-state index in [1.54, 1.807) is 13.1 Å². The highest BCUT2D eigenvalue weighted by Crippen LogP contribution is 2.36. The number of nitrogens with one attached hydrogen (secondary N) is 2. The van der Waals surface area contributed by atoms with Crippen molar-refractivity contribution in [3.8, 4) is 11.5 Å². The topological polar surface area (TPSA) is 54.9 Å². The fourth-order valence-electron chi connectivity index (χ4n) is 2.11. The fourth-order valence-corrected chi connectivity index (χ4v) is 2.11. The number of halogens is 1. The Labute approximate surface area is 149 Å². The van der Waals surface area contributed by atoms with Gasteiger partial charge in [-0.2, -0.15) is 0 Å². The normalized spacial score (nSPS) is 13.3. The molecule has 2 N–H and O–H groups in total. The molecule has 1 aromatic rings. The molecule has 0 saturated carbocycles. The molecule has 0 aliphatic carbocycles. The Kier molecular flexibility index (Phi) is 6.99. The number of hydrogen-bond donors (Lipinski definition) is 2. The summed E-state index contributed by atoms with van der Waals surface area (Å²) in [6.45, 7) is 9.78. The van der Waals surface area contributed by atoms with E-state index in [1.807, 2.05) is 12.1 Å². The third kappa shape index (κ3) is 4.53. The lowest BCUT2D eigenvalue weighted by molar-refractivity contribution is 0.174. The lowest BCUT2D eigenvalue weighted by Gasteiger charge is -2.27. The highest BCUT2D eigenvalue weighted by molar-refractivity contribution is 14.0. The molecule has 0 radical (unpaired) electrons. The third-order valence-corrected chi connectivity index (χ3v) is 3.49. The van der Waals surface area contributed by atoms with Crippen LogP contribution in [0.3, 0.4) is 0 Å². The molecule has 0 unspecified atom stereocenters. The Balaban J connectivity index is 0.00000242. The van der Waals surface area contributed by atoms with Crippen molar-refractivity contribution in [3.63, 3.8) is 0 Å². The minimum Gasteiger partial charge on any atom is -0.454 e. The SMILES string of the molecule is C=CCNC(=NC)NCC(C)(C)c1ccc2c(c1)OCO2.I. The molecule has 6 heteroatoms. The first-order chi connectivity index (χ1) is 10.1.